The fraction of sp³-hybridized carbons (Fsp3) is 0.222. The second-order valence-electron chi connectivity index (χ2n) is 3.10. The van der Waals surface area contributed by atoms with Crippen molar-refractivity contribution in [2.24, 2.45) is 4.40 Å². The molecule has 0 radical (unpaired) electrons. The average Bonchev–Trinajstić information content (AvgIpc) is 2.47. The molecule has 2 N–H and O–H groups in total. The highest BCUT2D eigenvalue weighted by molar-refractivity contribution is 9.10. The predicted molar refractivity (Wildman–Crippen MR) is 63.0 cm³/mol. The van der Waals surface area contributed by atoms with Gasteiger partial charge in [-0.2, -0.15) is 4.40 Å². The smallest absolute Gasteiger partial charge is 0.0701 e. The monoisotopic (exact) mass is 275 g/mol. The maximum atomic E-state index is 9.35. The van der Waals surface area contributed by atoms with Crippen molar-refractivity contribution >= 4 is 32.4 Å². The molecule has 0 saturated heterocycles. The van der Waals surface area contributed by atoms with Crippen molar-refractivity contribution < 1.29 is 9.11 Å². The number of rotatable bonds is 1. The molecule has 0 amide bonds. The van der Waals surface area contributed by atoms with E-state index in [1.54, 1.807) is 0 Å². The second kappa shape index (κ2) is 3.66. The highest BCUT2D eigenvalue weighted by Crippen LogP contribution is 2.46. The summed E-state index contributed by atoms with van der Waals surface area (Å²) in [6.07, 6.45) is 0.630. The van der Waals surface area contributed by atoms with Crippen molar-refractivity contribution in [2.45, 2.75) is 6.42 Å². The lowest BCUT2D eigenvalue weighted by atomic mass is 10.1. The molecule has 5 heteroatoms. The first-order valence-electron chi connectivity index (χ1n) is 4.18. The van der Waals surface area contributed by atoms with Gasteiger partial charge in [0.25, 0.3) is 0 Å². The molecule has 0 unspecified atom stereocenters. The Hall–Kier alpha value is -0.360. The molecule has 76 valence electrons. The Kier molecular flexibility index (Phi) is 2.66. The summed E-state index contributed by atoms with van der Waals surface area (Å²) in [6.45, 7) is 0. The van der Waals surface area contributed by atoms with E-state index in [0.717, 1.165) is 15.7 Å². The third-order valence-corrected chi connectivity index (χ3v) is 4.01. The SMILES string of the molecule is OS1(O)CCC(c2ccccc2Br)=N1. The Labute approximate surface area is 92.5 Å². The maximum Gasteiger partial charge on any atom is 0.0701 e. The van der Waals surface area contributed by atoms with E-state index in [9.17, 15) is 9.11 Å². The van der Waals surface area contributed by atoms with E-state index < -0.39 is 10.8 Å². The number of benzene rings is 1. The van der Waals surface area contributed by atoms with Gasteiger partial charge < -0.3 is 0 Å². The number of hydrogen-bond donors (Lipinski definition) is 2. The molecule has 1 heterocycles. The van der Waals surface area contributed by atoms with Crippen LogP contribution in [0.15, 0.2) is 33.1 Å². The normalized spacial score (nSPS) is 21.8. The molecule has 1 aliphatic rings. The van der Waals surface area contributed by atoms with Gasteiger partial charge in [0.15, 0.2) is 0 Å². The Morgan fingerprint density at radius 3 is 2.57 bits per heavy atom. The van der Waals surface area contributed by atoms with Gasteiger partial charge in [0.1, 0.15) is 0 Å². The van der Waals surface area contributed by atoms with Gasteiger partial charge in [0, 0.05) is 16.5 Å². The van der Waals surface area contributed by atoms with Crippen LogP contribution in [0.1, 0.15) is 12.0 Å². The maximum absolute atomic E-state index is 9.35. The summed E-state index contributed by atoms with van der Waals surface area (Å²) in [4.78, 5) is 0. The van der Waals surface area contributed by atoms with Gasteiger partial charge in [-0.05, 0) is 6.07 Å². The summed E-state index contributed by atoms with van der Waals surface area (Å²) in [5, 5.41) is 0. The second-order valence-corrected chi connectivity index (χ2v) is 5.81. The fourth-order valence-electron chi connectivity index (χ4n) is 1.38. The molecular formula is C9H10BrNO2S. The lowest BCUT2D eigenvalue weighted by Gasteiger charge is -2.20. The van der Waals surface area contributed by atoms with Crippen molar-refractivity contribution in [1.29, 1.82) is 0 Å². The highest BCUT2D eigenvalue weighted by Gasteiger charge is 2.22. The first-order chi connectivity index (χ1) is 6.58. The number of hydrogen-bond acceptors (Lipinski definition) is 3. The topological polar surface area (TPSA) is 52.8 Å². The predicted octanol–water partition coefficient (Wildman–Crippen LogP) is 3.31. The lowest BCUT2D eigenvalue weighted by molar-refractivity contribution is 0.493. The van der Waals surface area contributed by atoms with Crippen LogP contribution in [0.5, 0.6) is 0 Å². The van der Waals surface area contributed by atoms with Crippen molar-refractivity contribution in [3.05, 3.63) is 34.3 Å². The van der Waals surface area contributed by atoms with Gasteiger partial charge in [0.05, 0.1) is 11.5 Å². The van der Waals surface area contributed by atoms with E-state index in [-0.39, 0.29) is 0 Å². The first-order valence-corrected chi connectivity index (χ1v) is 6.65. The Morgan fingerprint density at radius 2 is 2.00 bits per heavy atom. The largest absolute Gasteiger partial charge is 0.280 e. The van der Waals surface area contributed by atoms with Gasteiger partial charge >= 0.3 is 0 Å². The molecule has 0 aromatic heterocycles. The van der Waals surface area contributed by atoms with Crippen molar-refractivity contribution in [1.82, 2.24) is 0 Å². The summed E-state index contributed by atoms with van der Waals surface area (Å²) in [5.74, 6) is 0.351. The van der Waals surface area contributed by atoms with Gasteiger partial charge in [-0.1, -0.05) is 44.9 Å². The summed E-state index contributed by atoms with van der Waals surface area (Å²) >= 11 is 3.41. The minimum Gasteiger partial charge on any atom is -0.280 e. The van der Waals surface area contributed by atoms with E-state index >= 15 is 0 Å². The summed E-state index contributed by atoms with van der Waals surface area (Å²) < 4.78 is 23.6. The molecule has 0 aliphatic carbocycles. The molecule has 0 bridgehead atoms. The van der Waals surface area contributed by atoms with E-state index in [4.69, 9.17) is 0 Å². The Bertz CT molecular complexity index is 392. The van der Waals surface area contributed by atoms with Gasteiger partial charge in [-0.25, -0.2) is 0 Å². The Balaban J connectivity index is 2.38. The fourth-order valence-corrected chi connectivity index (χ4v) is 3.00. The number of halogens is 1. The van der Waals surface area contributed by atoms with E-state index in [1.807, 2.05) is 24.3 Å². The highest BCUT2D eigenvalue weighted by atomic mass is 79.9. The molecule has 2 rings (SSSR count). The van der Waals surface area contributed by atoms with Gasteiger partial charge in [0.2, 0.25) is 0 Å². The standard InChI is InChI=1S/C9H10BrNO2S/c10-8-4-2-1-3-7(8)9-5-6-14(12,13)11-9/h1-4,12-13H,5-6H2. The van der Waals surface area contributed by atoms with Crippen LogP contribution in [-0.2, 0) is 0 Å². The molecule has 1 aromatic rings. The van der Waals surface area contributed by atoms with Crippen LogP contribution >= 0.6 is 26.7 Å². The lowest BCUT2D eigenvalue weighted by Crippen LogP contribution is -1.97. The molecule has 1 aliphatic heterocycles. The van der Waals surface area contributed by atoms with Crippen LogP contribution in [-0.4, -0.2) is 20.6 Å². The van der Waals surface area contributed by atoms with Crippen molar-refractivity contribution in [2.75, 3.05) is 5.75 Å². The third kappa shape index (κ3) is 2.00. The number of nitrogens with zero attached hydrogens (tertiary/aromatic N) is 1. The van der Waals surface area contributed by atoms with Crippen molar-refractivity contribution in [3.63, 3.8) is 0 Å². The minimum absolute atomic E-state index is 0.351. The summed E-state index contributed by atoms with van der Waals surface area (Å²) in [5.41, 5.74) is 1.72. The molecule has 0 atom stereocenters. The van der Waals surface area contributed by atoms with Gasteiger partial charge in [-0.15, -0.1) is 0 Å². The molecule has 0 saturated carbocycles. The molecule has 0 spiro atoms. The zero-order chi connectivity index (χ0) is 10.2. The molecule has 14 heavy (non-hydrogen) atoms. The van der Waals surface area contributed by atoms with Crippen LogP contribution in [0.2, 0.25) is 0 Å². The molecule has 3 nitrogen and oxygen atoms in total. The third-order valence-electron chi connectivity index (χ3n) is 2.05. The molecular weight excluding hydrogens is 266 g/mol. The quantitative estimate of drug-likeness (QED) is 0.826. The van der Waals surface area contributed by atoms with E-state index in [2.05, 4.69) is 20.3 Å². The van der Waals surface area contributed by atoms with Crippen LogP contribution in [0, 0.1) is 0 Å². The molecule has 1 aromatic carbocycles. The average molecular weight is 276 g/mol. The Morgan fingerprint density at radius 1 is 1.29 bits per heavy atom. The summed E-state index contributed by atoms with van der Waals surface area (Å²) in [7, 11) is -2.69. The first kappa shape index (κ1) is 10.2. The molecule has 0 fully saturated rings. The van der Waals surface area contributed by atoms with Crippen LogP contribution in [0.4, 0.5) is 0 Å². The van der Waals surface area contributed by atoms with Crippen LogP contribution in [0.25, 0.3) is 0 Å². The zero-order valence-electron chi connectivity index (χ0n) is 7.35. The van der Waals surface area contributed by atoms with E-state index in [1.165, 1.54) is 0 Å². The van der Waals surface area contributed by atoms with Crippen molar-refractivity contribution in [3.8, 4) is 0 Å². The minimum atomic E-state index is -2.69. The van der Waals surface area contributed by atoms with Gasteiger partial charge in [-0.3, -0.25) is 9.11 Å². The van der Waals surface area contributed by atoms with Crippen LogP contribution < -0.4 is 0 Å². The van der Waals surface area contributed by atoms with Crippen LogP contribution in [0.3, 0.4) is 0 Å². The van der Waals surface area contributed by atoms with E-state index in [0.29, 0.717) is 12.2 Å². The summed E-state index contributed by atoms with van der Waals surface area (Å²) in [6, 6.07) is 7.67. The zero-order valence-corrected chi connectivity index (χ0v) is 9.75.